The number of nitrogens with zero attached hydrogens (tertiary/aromatic N) is 3. The molecule has 0 saturated heterocycles. The van der Waals surface area contributed by atoms with Gasteiger partial charge in [0.05, 0.1) is 17.2 Å². The number of nitrogens with one attached hydrogen (secondary N) is 1. The number of anilines is 1. The number of hydrogen-bond acceptors (Lipinski definition) is 6. The van der Waals surface area contributed by atoms with Crippen LogP contribution in [0.25, 0.3) is 5.69 Å². The summed E-state index contributed by atoms with van der Waals surface area (Å²) >= 11 is 7.33. The molecule has 0 fully saturated rings. The van der Waals surface area contributed by atoms with Gasteiger partial charge in [0.2, 0.25) is 10.0 Å². The predicted octanol–water partition coefficient (Wildman–Crippen LogP) is 3.66. The Morgan fingerprint density at radius 2 is 1.93 bits per heavy atom. The number of thioether (sulfide) groups is 1. The van der Waals surface area contributed by atoms with Crippen molar-refractivity contribution >= 4 is 44.9 Å². The van der Waals surface area contributed by atoms with Crippen LogP contribution in [0, 0.1) is 0 Å². The molecule has 1 heterocycles. The summed E-state index contributed by atoms with van der Waals surface area (Å²) in [5.41, 5.74) is 1.68. The number of rotatable bonds is 7. The van der Waals surface area contributed by atoms with Crippen LogP contribution in [-0.2, 0) is 10.0 Å². The van der Waals surface area contributed by atoms with Gasteiger partial charge in [-0.1, -0.05) is 29.4 Å². The topological polar surface area (TPSA) is 93.9 Å². The van der Waals surface area contributed by atoms with Gasteiger partial charge in [0, 0.05) is 16.3 Å². The summed E-state index contributed by atoms with van der Waals surface area (Å²) in [6, 6.07) is 13.6. The van der Waals surface area contributed by atoms with E-state index in [1.54, 1.807) is 54.2 Å². The van der Waals surface area contributed by atoms with Gasteiger partial charge in [-0.25, -0.2) is 8.42 Å². The van der Waals surface area contributed by atoms with Gasteiger partial charge in [-0.3, -0.25) is 14.1 Å². The highest BCUT2D eigenvalue weighted by Crippen LogP contribution is 2.27. The van der Waals surface area contributed by atoms with Crippen molar-refractivity contribution in [3.63, 3.8) is 0 Å². The lowest BCUT2D eigenvalue weighted by molar-refractivity contribution is 0.0994. The van der Waals surface area contributed by atoms with E-state index in [0.29, 0.717) is 21.4 Å². The van der Waals surface area contributed by atoms with Crippen molar-refractivity contribution in [3.8, 4) is 5.69 Å². The molecule has 1 unspecified atom stereocenters. The summed E-state index contributed by atoms with van der Waals surface area (Å²) in [7, 11) is -3.36. The van der Waals surface area contributed by atoms with Crippen LogP contribution < -0.4 is 4.72 Å². The first kappa shape index (κ1) is 20.4. The Kier molecular flexibility index (Phi) is 6.07. The zero-order valence-corrected chi connectivity index (χ0v) is 17.4. The van der Waals surface area contributed by atoms with E-state index < -0.39 is 15.3 Å². The molecule has 2 aromatic carbocycles. The fraction of sp³-hybridized carbons (Fsp3) is 0.167. The molecule has 3 rings (SSSR count). The number of carbonyl (C=O) groups is 1. The van der Waals surface area contributed by atoms with Crippen LogP contribution in [0.2, 0.25) is 5.02 Å². The molecule has 0 spiro atoms. The smallest absolute Gasteiger partial charge is 0.229 e. The van der Waals surface area contributed by atoms with Crippen molar-refractivity contribution in [1.29, 1.82) is 0 Å². The molecular formula is C18H17ClN4O3S2. The van der Waals surface area contributed by atoms with Gasteiger partial charge in [0.15, 0.2) is 10.9 Å². The van der Waals surface area contributed by atoms with Crippen LogP contribution in [0.3, 0.4) is 0 Å². The van der Waals surface area contributed by atoms with Crippen LogP contribution in [0.15, 0.2) is 60.0 Å². The maximum atomic E-state index is 12.7. The zero-order valence-electron chi connectivity index (χ0n) is 15.0. The number of Topliss-reactive ketones (excluding diaryl/α,β-unsaturated/α-hetero) is 1. The third kappa shape index (κ3) is 5.12. The minimum Gasteiger partial charge on any atom is -0.293 e. The molecule has 0 aliphatic heterocycles. The maximum absolute atomic E-state index is 12.7. The van der Waals surface area contributed by atoms with Gasteiger partial charge in [-0.15, -0.1) is 10.2 Å². The lowest BCUT2D eigenvalue weighted by atomic mass is 10.1. The van der Waals surface area contributed by atoms with Crippen LogP contribution in [-0.4, -0.2) is 40.5 Å². The van der Waals surface area contributed by atoms with Crippen molar-refractivity contribution in [2.75, 3.05) is 11.0 Å². The number of hydrogen-bond donors (Lipinski definition) is 1. The monoisotopic (exact) mass is 436 g/mol. The van der Waals surface area contributed by atoms with E-state index in [4.69, 9.17) is 11.6 Å². The molecule has 146 valence electrons. The average Bonchev–Trinajstić information content (AvgIpc) is 3.08. The van der Waals surface area contributed by atoms with E-state index in [2.05, 4.69) is 14.9 Å². The number of ketones is 1. The largest absolute Gasteiger partial charge is 0.293 e. The third-order valence-electron chi connectivity index (χ3n) is 3.73. The second-order valence-corrected chi connectivity index (χ2v) is 9.53. The molecule has 3 aromatic rings. The molecule has 0 saturated carbocycles. The van der Waals surface area contributed by atoms with E-state index in [1.165, 1.54) is 11.8 Å². The van der Waals surface area contributed by atoms with Gasteiger partial charge in [0.1, 0.15) is 6.33 Å². The van der Waals surface area contributed by atoms with E-state index in [-0.39, 0.29) is 5.78 Å². The van der Waals surface area contributed by atoms with Crippen LogP contribution >= 0.6 is 23.4 Å². The summed E-state index contributed by atoms with van der Waals surface area (Å²) in [5.74, 6) is -0.100. The minimum absolute atomic E-state index is 0.100. The predicted molar refractivity (Wildman–Crippen MR) is 111 cm³/mol. The Morgan fingerprint density at radius 1 is 1.21 bits per heavy atom. The summed E-state index contributed by atoms with van der Waals surface area (Å²) in [5, 5.41) is 8.77. The van der Waals surface area contributed by atoms with Gasteiger partial charge in [0.25, 0.3) is 0 Å². The molecule has 1 atom stereocenters. The minimum atomic E-state index is -3.36. The molecule has 1 N–H and O–H groups in total. The molecule has 28 heavy (non-hydrogen) atoms. The fourth-order valence-corrected chi connectivity index (χ4v) is 4.14. The summed E-state index contributed by atoms with van der Waals surface area (Å²) in [6.45, 7) is 1.78. The normalized spacial score (nSPS) is 12.5. The highest BCUT2D eigenvalue weighted by molar-refractivity contribution is 8.00. The molecule has 0 bridgehead atoms. The van der Waals surface area contributed by atoms with Crippen molar-refractivity contribution in [2.24, 2.45) is 0 Å². The molecule has 10 heteroatoms. The van der Waals surface area contributed by atoms with Crippen molar-refractivity contribution in [1.82, 2.24) is 14.8 Å². The average molecular weight is 437 g/mol. The lowest BCUT2D eigenvalue weighted by Gasteiger charge is -2.12. The van der Waals surface area contributed by atoms with Crippen LogP contribution in [0.5, 0.6) is 0 Å². The lowest BCUT2D eigenvalue weighted by Crippen LogP contribution is -2.15. The van der Waals surface area contributed by atoms with Crippen molar-refractivity contribution in [3.05, 3.63) is 65.4 Å². The quantitative estimate of drug-likeness (QED) is 0.448. The first-order valence-electron chi connectivity index (χ1n) is 8.17. The summed E-state index contributed by atoms with van der Waals surface area (Å²) in [4.78, 5) is 12.7. The Labute approximate surface area is 172 Å². The second-order valence-electron chi connectivity index (χ2n) is 6.04. The Hall–Kier alpha value is -2.36. The molecule has 0 aliphatic rings. The van der Waals surface area contributed by atoms with E-state index in [1.807, 2.05) is 12.1 Å². The summed E-state index contributed by atoms with van der Waals surface area (Å²) < 4.78 is 26.7. The fourth-order valence-electron chi connectivity index (χ4n) is 2.47. The molecule has 7 nitrogen and oxygen atoms in total. The highest BCUT2D eigenvalue weighted by atomic mass is 35.5. The number of carbonyl (C=O) groups excluding carboxylic acids is 1. The summed E-state index contributed by atoms with van der Waals surface area (Å²) in [6.07, 6.45) is 2.64. The Bertz CT molecular complexity index is 1100. The van der Waals surface area contributed by atoms with Gasteiger partial charge in [-0.05, 0) is 49.4 Å². The highest BCUT2D eigenvalue weighted by Gasteiger charge is 2.20. The number of benzene rings is 2. The maximum Gasteiger partial charge on any atom is 0.229 e. The first-order valence-corrected chi connectivity index (χ1v) is 11.3. The number of halogens is 1. The van der Waals surface area contributed by atoms with Crippen LogP contribution in [0.4, 0.5) is 5.69 Å². The Morgan fingerprint density at radius 3 is 2.57 bits per heavy atom. The molecule has 0 aliphatic carbocycles. The number of sulfonamides is 1. The molecular weight excluding hydrogens is 420 g/mol. The van der Waals surface area contributed by atoms with Gasteiger partial charge in [-0.2, -0.15) is 0 Å². The van der Waals surface area contributed by atoms with Gasteiger partial charge < -0.3 is 0 Å². The number of aromatic nitrogens is 3. The standard InChI is InChI=1S/C18H17ClN4O3S2/c1-12(17(24)13-6-8-15(9-7-13)22-28(2,25)26)27-18-21-20-11-23(18)16-5-3-4-14(19)10-16/h3-12,22H,1-2H3. The molecule has 1 aromatic heterocycles. The van der Waals surface area contributed by atoms with Crippen molar-refractivity contribution < 1.29 is 13.2 Å². The SMILES string of the molecule is CC(Sc1nncn1-c1cccc(Cl)c1)C(=O)c1ccc(NS(C)(=O)=O)cc1. The first-order chi connectivity index (χ1) is 13.2. The van der Waals surface area contributed by atoms with Gasteiger partial charge >= 0.3 is 0 Å². The Balaban J connectivity index is 1.74. The molecule has 0 radical (unpaired) electrons. The molecule has 0 amide bonds. The van der Waals surface area contributed by atoms with E-state index in [0.717, 1.165) is 11.9 Å². The third-order valence-corrected chi connectivity index (χ3v) is 5.63. The van der Waals surface area contributed by atoms with E-state index >= 15 is 0 Å². The van der Waals surface area contributed by atoms with Crippen LogP contribution in [0.1, 0.15) is 17.3 Å². The second kappa shape index (κ2) is 8.34. The van der Waals surface area contributed by atoms with E-state index in [9.17, 15) is 13.2 Å². The zero-order chi connectivity index (χ0) is 20.3. The van der Waals surface area contributed by atoms with Crippen molar-refractivity contribution in [2.45, 2.75) is 17.3 Å².